The SMILES string of the molecule is COC(=O)CC(NC(=O)c1ccc(S(=O)(=O)NCc2ccco2)cc1)c1ccccc1Cl. The van der Waals surface area contributed by atoms with Crippen LogP contribution in [0.25, 0.3) is 0 Å². The van der Waals surface area contributed by atoms with Crippen LogP contribution in [-0.4, -0.2) is 27.4 Å². The van der Waals surface area contributed by atoms with Gasteiger partial charge in [0.05, 0.1) is 37.3 Å². The second-order valence-electron chi connectivity index (χ2n) is 6.76. The van der Waals surface area contributed by atoms with Gasteiger partial charge in [-0.15, -0.1) is 0 Å². The van der Waals surface area contributed by atoms with Gasteiger partial charge in [-0.1, -0.05) is 29.8 Å². The number of ether oxygens (including phenoxy) is 1. The highest BCUT2D eigenvalue weighted by molar-refractivity contribution is 7.89. The average molecular weight is 477 g/mol. The van der Waals surface area contributed by atoms with Crippen LogP contribution in [0.3, 0.4) is 0 Å². The van der Waals surface area contributed by atoms with Crippen molar-refractivity contribution < 1.29 is 27.2 Å². The van der Waals surface area contributed by atoms with Crippen LogP contribution in [0, 0.1) is 0 Å². The van der Waals surface area contributed by atoms with E-state index in [4.69, 9.17) is 20.8 Å². The molecule has 10 heteroatoms. The van der Waals surface area contributed by atoms with Crippen molar-refractivity contribution in [3.63, 3.8) is 0 Å². The predicted molar refractivity (Wildman–Crippen MR) is 117 cm³/mol. The molecule has 1 amide bonds. The number of carbonyl (C=O) groups excluding carboxylic acids is 2. The fourth-order valence-electron chi connectivity index (χ4n) is 2.94. The first-order valence-electron chi connectivity index (χ1n) is 9.54. The molecule has 0 spiro atoms. The third-order valence-electron chi connectivity index (χ3n) is 4.63. The van der Waals surface area contributed by atoms with Crippen molar-refractivity contribution in [2.45, 2.75) is 23.9 Å². The fraction of sp³-hybridized carbons (Fsp3) is 0.182. The van der Waals surface area contributed by atoms with Gasteiger partial charge in [-0.25, -0.2) is 13.1 Å². The Balaban J connectivity index is 1.73. The zero-order chi connectivity index (χ0) is 23.1. The zero-order valence-corrected chi connectivity index (χ0v) is 18.7. The number of hydrogen-bond acceptors (Lipinski definition) is 6. The molecule has 0 fully saturated rings. The van der Waals surface area contributed by atoms with Gasteiger partial charge in [0, 0.05) is 10.6 Å². The molecule has 0 aliphatic rings. The lowest BCUT2D eigenvalue weighted by atomic mass is 10.0. The number of halogens is 1. The molecule has 0 aliphatic carbocycles. The first kappa shape index (κ1) is 23.5. The second-order valence-corrected chi connectivity index (χ2v) is 8.93. The van der Waals surface area contributed by atoms with Gasteiger partial charge >= 0.3 is 5.97 Å². The minimum atomic E-state index is -3.79. The maximum atomic E-state index is 12.8. The van der Waals surface area contributed by atoms with E-state index in [1.807, 2.05) is 0 Å². The number of hydrogen-bond donors (Lipinski definition) is 2. The van der Waals surface area contributed by atoms with E-state index in [0.29, 0.717) is 16.3 Å². The Hall–Kier alpha value is -3.14. The number of esters is 1. The number of methoxy groups -OCH3 is 1. The van der Waals surface area contributed by atoms with Gasteiger partial charge in [0.15, 0.2) is 0 Å². The molecule has 1 aromatic heterocycles. The van der Waals surface area contributed by atoms with Crippen molar-refractivity contribution in [1.82, 2.24) is 10.0 Å². The van der Waals surface area contributed by atoms with Crippen LogP contribution in [0.5, 0.6) is 0 Å². The minimum Gasteiger partial charge on any atom is -0.469 e. The van der Waals surface area contributed by atoms with E-state index in [9.17, 15) is 18.0 Å². The lowest BCUT2D eigenvalue weighted by Crippen LogP contribution is -2.30. The summed E-state index contributed by atoms with van der Waals surface area (Å²) in [5.41, 5.74) is 0.783. The number of nitrogens with one attached hydrogen (secondary N) is 2. The number of furan rings is 1. The smallest absolute Gasteiger partial charge is 0.307 e. The topological polar surface area (TPSA) is 115 Å². The van der Waals surface area contributed by atoms with Crippen LogP contribution in [0.2, 0.25) is 5.02 Å². The second kappa shape index (κ2) is 10.4. The van der Waals surface area contributed by atoms with Gasteiger partial charge in [0.2, 0.25) is 10.0 Å². The summed E-state index contributed by atoms with van der Waals surface area (Å²) >= 11 is 6.23. The van der Waals surface area contributed by atoms with Crippen molar-refractivity contribution in [1.29, 1.82) is 0 Å². The molecule has 3 aromatic rings. The van der Waals surface area contributed by atoms with E-state index in [2.05, 4.69) is 10.0 Å². The molecule has 0 aliphatic heterocycles. The summed E-state index contributed by atoms with van der Waals surface area (Å²) in [5.74, 6) is -0.536. The Morgan fingerprint density at radius 1 is 1.06 bits per heavy atom. The number of sulfonamides is 1. The summed E-state index contributed by atoms with van der Waals surface area (Å²) in [6, 6.07) is 14.9. The normalized spacial score (nSPS) is 12.2. The monoisotopic (exact) mass is 476 g/mol. The molecular weight excluding hydrogens is 456 g/mol. The molecule has 0 radical (unpaired) electrons. The molecule has 2 N–H and O–H groups in total. The molecule has 8 nitrogen and oxygen atoms in total. The number of rotatable bonds is 9. The third-order valence-corrected chi connectivity index (χ3v) is 6.39. The van der Waals surface area contributed by atoms with Gasteiger partial charge in [-0.2, -0.15) is 0 Å². The molecule has 1 unspecified atom stereocenters. The Bertz CT molecular complexity index is 1180. The third kappa shape index (κ3) is 5.97. The van der Waals surface area contributed by atoms with Crippen LogP contribution in [-0.2, 0) is 26.1 Å². The first-order valence-corrected chi connectivity index (χ1v) is 11.4. The van der Waals surface area contributed by atoms with Gasteiger partial charge in [-0.05, 0) is 48.0 Å². The van der Waals surface area contributed by atoms with E-state index >= 15 is 0 Å². The molecule has 1 heterocycles. The van der Waals surface area contributed by atoms with E-state index in [0.717, 1.165) is 0 Å². The highest BCUT2D eigenvalue weighted by Gasteiger charge is 2.22. The molecule has 0 saturated heterocycles. The Morgan fingerprint density at radius 2 is 1.78 bits per heavy atom. The first-order chi connectivity index (χ1) is 15.3. The number of amides is 1. The van der Waals surface area contributed by atoms with Crippen LogP contribution in [0.4, 0.5) is 0 Å². The van der Waals surface area contributed by atoms with Crippen molar-refractivity contribution in [2.24, 2.45) is 0 Å². The molecule has 2 aromatic carbocycles. The summed E-state index contributed by atoms with van der Waals surface area (Å²) < 4.78 is 37.1. The van der Waals surface area contributed by atoms with Gasteiger partial charge in [-0.3, -0.25) is 9.59 Å². The van der Waals surface area contributed by atoms with E-state index in [1.165, 1.54) is 37.6 Å². The van der Waals surface area contributed by atoms with Crippen molar-refractivity contribution in [3.8, 4) is 0 Å². The van der Waals surface area contributed by atoms with Crippen molar-refractivity contribution in [3.05, 3.63) is 88.8 Å². The highest BCUT2D eigenvalue weighted by Crippen LogP contribution is 2.26. The Kier molecular flexibility index (Phi) is 7.68. The van der Waals surface area contributed by atoms with E-state index in [-0.39, 0.29) is 23.4 Å². The Labute approximate surface area is 190 Å². The van der Waals surface area contributed by atoms with E-state index < -0.39 is 27.9 Å². The van der Waals surface area contributed by atoms with Gasteiger partial charge in [0.1, 0.15) is 5.76 Å². The average Bonchev–Trinajstić information content (AvgIpc) is 3.31. The van der Waals surface area contributed by atoms with Gasteiger partial charge in [0.25, 0.3) is 5.91 Å². The molecular formula is C22H21ClN2O6S. The molecule has 0 bridgehead atoms. The summed E-state index contributed by atoms with van der Waals surface area (Å²) in [4.78, 5) is 24.6. The fourth-order valence-corrected chi connectivity index (χ4v) is 4.20. The summed E-state index contributed by atoms with van der Waals surface area (Å²) in [7, 11) is -2.53. The van der Waals surface area contributed by atoms with Crippen LogP contribution in [0.1, 0.15) is 34.1 Å². The lowest BCUT2D eigenvalue weighted by molar-refractivity contribution is -0.141. The summed E-state index contributed by atoms with van der Waals surface area (Å²) in [5, 5.41) is 3.15. The standard InChI is InChI=1S/C22H21ClN2O6S/c1-30-21(26)13-20(18-6-2-3-7-19(18)23)25-22(27)15-8-10-17(11-9-15)32(28,29)24-14-16-5-4-12-31-16/h2-12,20,24H,13-14H2,1H3,(H,25,27). The number of benzene rings is 2. The highest BCUT2D eigenvalue weighted by atomic mass is 35.5. The molecule has 1 atom stereocenters. The maximum absolute atomic E-state index is 12.8. The zero-order valence-electron chi connectivity index (χ0n) is 17.1. The van der Waals surface area contributed by atoms with Crippen LogP contribution >= 0.6 is 11.6 Å². The van der Waals surface area contributed by atoms with Gasteiger partial charge < -0.3 is 14.5 Å². The molecule has 32 heavy (non-hydrogen) atoms. The van der Waals surface area contributed by atoms with Crippen LogP contribution < -0.4 is 10.0 Å². The van der Waals surface area contributed by atoms with E-state index in [1.54, 1.807) is 36.4 Å². The summed E-state index contributed by atoms with van der Waals surface area (Å²) in [6.07, 6.45) is 1.34. The predicted octanol–water partition coefficient (Wildman–Crippen LogP) is 3.45. The lowest BCUT2D eigenvalue weighted by Gasteiger charge is -2.19. The van der Waals surface area contributed by atoms with Crippen LogP contribution in [0.15, 0.2) is 76.2 Å². The molecule has 3 rings (SSSR count). The Morgan fingerprint density at radius 3 is 2.41 bits per heavy atom. The number of carbonyl (C=O) groups is 2. The van der Waals surface area contributed by atoms with Crippen molar-refractivity contribution in [2.75, 3.05) is 7.11 Å². The quantitative estimate of drug-likeness (QED) is 0.457. The minimum absolute atomic E-state index is 0.00202. The largest absolute Gasteiger partial charge is 0.469 e. The molecule has 0 saturated carbocycles. The van der Waals surface area contributed by atoms with Crippen molar-refractivity contribution >= 4 is 33.5 Å². The summed E-state index contributed by atoms with van der Waals surface area (Å²) in [6.45, 7) is 0.00458. The maximum Gasteiger partial charge on any atom is 0.307 e. The molecule has 168 valence electrons.